The molecule has 0 spiro atoms. The molecule has 0 bridgehead atoms. The van der Waals surface area contributed by atoms with Crippen molar-refractivity contribution in [2.75, 3.05) is 25.6 Å². The lowest BCUT2D eigenvalue weighted by molar-refractivity contribution is 0.0461. The number of alkyl halides is 1. The number of nitrogens with one attached hydrogen (secondary N) is 1. The second-order valence-electron chi connectivity index (χ2n) is 2.24. The maximum absolute atomic E-state index is 10.1. The summed E-state index contributed by atoms with van der Waals surface area (Å²) in [6.45, 7) is -0.0408. The molecule has 0 amide bonds. The average molecular weight is 234 g/mol. The minimum atomic E-state index is -4.24. The molecule has 6 nitrogen and oxygen atoms in total. The van der Waals surface area contributed by atoms with Gasteiger partial charge in [-0.15, -0.1) is 11.6 Å². The van der Waals surface area contributed by atoms with E-state index < -0.39 is 16.4 Å². The molecule has 0 aromatic carbocycles. The van der Waals surface area contributed by atoms with E-state index in [-0.39, 0.29) is 19.8 Å². The smallest absolute Gasteiger partial charge is 0.333 e. The first-order chi connectivity index (χ1) is 5.95. The van der Waals surface area contributed by atoms with Crippen molar-refractivity contribution < 1.29 is 22.8 Å². The molecule has 1 atom stereocenters. The average Bonchev–Trinajstić information content (AvgIpc) is 2.00. The Morgan fingerprint density at radius 3 is 2.62 bits per heavy atom. The van der Waals surface area contributed by atoms with E-state index in [0.29, 0.717) is 5.88 Å². The monoisotopic (exact) mass is 233 g/mol. The summed E-state index contributed by atoms with van der Waals surface area (Å²) in [6, 6.07) is 0. The van der Waals surface area contributed by atoms with E-state index in [2.05, 4.69) is 0 Å². The van der Waals surface area contributed by atoms with Gasteiger partial charge in [0.1, 0.15) is 0 Å². The maximum Gasteiger partial charge on any atom is 0.333 e. The molecule has 0 aliphatic rings. The fourth-order valence-electron chi connectivity index (χ4n) is 0.534. The summed E-state index contributed by atoms with van der Waals surface area (Å²) in [6.07, 6.45) is -0.995. The minimum absolute atomic E-state index is 0.0325. The van der Waals surface area contributed by atoms with E-state index in [1.54, 1.807) is 4.72 Å². The highest BCUT2D eigenvalue weighted by molar-refractivity contribution is 7.83. The van der Waals surface area contributed by atoms with Gasteiger partial charge in [-0.2, -0.15) is 13.1 Å². The van der Waals surface area contributed by atoms with Crippen LogP contribution in [0.4, 0.5) is 0 Å². The molecular formula is C5H12ClNO5S. The lowest BCUT2D eigenvalue weighted by Crippen LogP contribution is -2.34. The Hall–Kier alpha value is 0.0800. The molecule has 0 saturated carbocycles. The topological polar surface area (TPSA) is 95.9 Å². The highest BCUT2D eigenvalue weighted by atomic mass is 35.5. The number of hydrogen-bond acceptors (Lipinski definition) is 4. The van der Waals surface area contributed by atoms with Gasteiger partial charge in [0.15, 0.2) is 0 Å². The molecule has 8 heteroatoms. The summed E-state index contributed by atoms with van der Waals surface area (Å²) in [7, 11) is -4.24. The van der Waals surface area contributed by atoms with Crippen LogP contribution in [0.25, 0.3) is 0 Å². The van der Waals surface area contributed by atoms with Crippen molar-refractivity contribution in [3.63, 3.8) is 0 Å². The summed E-state index contributed by atoms with van der Waals surface area (Å²) in [5, 5.41) is 9.03. The third kappa shape index (κ3) is 10.00. The Kier molecular flexibility index (Phi) is 6.56. The molecule has 0 aromatic rings. The van der Waals surface area contributed by atoms with Crippen LogP contribution in [0.1, 0.15) is 0 Å². The van der Waals surface area contributed by atoms with Crippen molar-refractivity contribution in [2.24, 2.45) is 0 Å². The fourth-order valence-corrected chi connectivity index (χ4v) is 1.05. The number of rotatable bonds is 7. The van der Waals surface area contributed by atoms with Crippen molar-refractivity contribution in [2.45, 2.75) is 6.10 Å². The molecule has 0 radical (unpaired) electrons. The number of hydrogen-bond donors (Lipinski definition) is 3. The second-order valence-corrected chi connectivity index (χ2v) is 3.86. The molecule has 0 heterocycles. The first-order valence-corrected chi connectivity index (χ1v) is 5.47. The van der Waals surface area contributed by atoms with Crippen LogP contribution in [-0.2, 0) is 15.0 Å². The molecule has 0 rings (SSSR count). The third-order valence-electron chi connectivity index (χ3n) is 1.03. The SMILES string of the molecule is O=S(=O)(O)NC[C@@H](O)COCCCl. The quantitative estimate of drug-likeness (QED) is 0.298. The normalized spacial score (nSPS) is 14.4. The summed E-state index contributed by atoms with van der Waals surface area (Å²) in [4.78, 5) is 0. The molecule has 0 aromatic heterocycles. The van der Waals surface area contributed by atoms with Gasteiger partial charge in [-0.05, 0) is 0 Å². The van der Waals surface area contributed by atoms with Crippen LogP contribution in [0.5, 0.6) is 0 Å². The number of aliphatic hydroxyl groups is 1. The van der Waals surface area contributed by atoms with Crippen LogP contribution in [0.15, 0.2) is 0 Å². The van der Waals surface area contributed by atoms with Crippen molar-refractivity contribution in [1.82, 2.24) is 4.72 Å². The molecule has 0 aliphatic heterocycles. The largest absolute Gasteiger partial charge is 0.389 e. The summed E-state index contributed by atoms with van der Waals surface area (Å²) in [5.74, 6) is 0.304. The summed E-state index contributed by atoms with van der Waals surface area (Å²) < 4.78 is 35.0. The van der Waals surface area contributed by atoms with Gasteiger partial charge >= 0.3 is 10.3 Å². The van der Waals surface area contributed by atoms with Gasteiger partial charge in [0.25, 0.3) is 0 Å². The van der Waals surface area contributed by atoms with E-state index in [0.717, 1.165) is 0 Å². The predicted molar refractivity (Wildman–Crippen MR) is 47.1 cm³/mol. The maximum atomic E-state index is 10.1. The Labute approximate surface area is 81.7 Å². The van der Waals surface area contributed by atoms with E-state index in [4.69, 9.17) is 26.0 Å². The lowest BCUT2D eigenvalue weighted by Gasteiger charge is -2.09. The van der Waals surface area contributed by atoms with Gasteiger partial charge in [-0.1, -0.05) is 0 Å². The third-order valence-corrected chi connectivity index (χ3v) is 1.72. The number of halogens is 1. The second kappa shape index (κ2) is 6.52. The van der Waals surface area contributed by atoms with Crippen LogP contribution < -0.4 is 4.72 Å². The van der Waals surface area contributed by atoms with Crippen LogP contribution in [0.3, 0.4) is 0 Å². The minimum Gasteiger partial charge on any atom is -0.389 e. The van der Waals surface area contributed by atoms with E-state index >= 15 is 0 Å². The van der Waals surface area contributed by atoms with Crippen LogP contribution >= 0.6 is 11.6 Å². The van der Waals surface area contributed by atoms with Gasteiger partial charge in [0, 0.05) is 12.4 Å². The Morgan fingerprint density at radius 2 is 2.15 bits per heavy atom. The summed E-state index contributed by atoms with van der Waals surface area (Å²) >= 11 is 5.28. The predicted octanol–water partition coefficient (Wildman–Crippen LogP) is -1.00. The Balaban J connectivity index is 3.46. The highest BCUT2D eigenvalue weighted by Crippen LogP contribution is 1.86. The van der Waals surface area contributed by atoms with E-state index in [1.165, 1.54) is 0 Å². The van der Waals surface area contributed by atoms with Crippen LogP contribution in [0.2, 0.25) is 0 Å². The molecule has 80 valence electrons. The van der Waals surface area contributed by atoms with Crippen molar-refractivity contribution in [3.05, 3.63) is 0 Å². The van der Waals surface area contributed by atoms with Crippen LogP contribution in [-0.4, -0.2) is 49.8 Å². The molecule has 0 unspecified atom stereocenters. The standard InChI is InChI=1S/C5H12ClNO5S/c6-1-2-12-4-5(8)3-7-13(9,10)11/h5,7-8H,1-4H2,(H,9,10,11)/t5-/m1/s1. The zero-order valence-electron chi connectivity index (χ0n) is 6.81. The Morgan fingerprint density at radius 1 is 1.54 bits per heavy atom. The van der Waals surface area contributed by atoms with Gasteiger partial charge in [-0.3, -0.25) is 4.55 Å². The molecule has 13 heavy (non-hydrogen) atoms. The fraction of sp³-hybridized carbons (Fsp3) is 1.00. The Bertz CT molecular complexity index is 219. The molecule has 0 saturated heterocycles. The van der Waals surface area contributed by atoms with Gasteiger partial charge in [0.05, 0.1) is 19.3 Å². The first kappa shape index (κ1) is 13.1. The molecule has 0 fully saturated rings. The summed E-state index contributed by atoms with van der Waals surface area (Å²) in [5.41, 5.74) is 0. The van der Waals surface area contributed by atoms with E-state index in [9.17, 15) is 8.42 Å². The van der Waals surface area contributed by atoms with Gasteiger partial charge < -0.3 is 9.84 Å². The number of ether oxygens (including phenoxy) is 1. The van der Waals surface area contributed by atoms with Crippen molar-refractivity contribution >= 4 is 21.9 Å². The van der Waals surface area contributed by atoms with Crippen LogP contribution in [0, 0.1) is 0 Å². The molecule has 0 aliphatic carbocycles. The zero-order chi connectivity index (χ0) is 10.3. The zero-order valence-corrected chi connectivity index (χ0v) is 8.38. The van der Waals surface area contributed by atoms with E-state index in [1.807, 2.05) is 0 Å². The molecule has 3 N–H and O–H groups in total. The first-order valence-electron chi connectivity index (χ1n) is 3.49. The van der Waals surface area contributed by atoms with Gasteiger partial charge in [-0.25, -0.2) is 0 Å². The van der Waals surface area contributed by atoms with Crippen molar-refractivity contribution in [3.8, 4) is 0 Å². The highest BCUT2D eigenvalue weighted by Gasteiger charge is 2.08. The van der Waals surface area contributed by atoms with Crippen molar-refractivity contribution in [1.29, 1.82) is 0 Å². The number of aliphatic hydroxyl groups excluding tert-OH is 1. The van der Waals surface area contributed by atoms with Gasteiger partial charge in [0.2, 0.25) is 0 Å². The molecular weight excluding hydrogens is 222 g/mol. The lowest BCUT2D eigenvalue weighted by atomic mass is 10.4.